The van der Waals surface area contributed by atoms with Crippen molar-refractivity contribution in [3.63, 3.8) is 0 Å². The van der Waals surface area contributed by atoms with Gasteiger partial charge >= 0.3 is 0 Å². The first-order chi connectivity index (χ1) is 5.77. The van der Waals surface area contributed by atoms with Crippen LogP contribution >= 0.6 is 11.3 Å². The Bertz CT molecular complexity index is 238. The highest BCUT2D eigenvalue weighted by Crippen LogP contribution is 2.25. The third-order valence-corrected chi connectivity index (χ3v) is 2.03. The van der Waals surface area contributed by atoms with E-state index in [-0.39, 0.29) is 0 Å². The molecular formula is C9H14N2S. The first-order valence-electron chi connectivity index (χ1n) is 3.84. The van der Waals surface area contributed by atoms with E-state index in [1.54, 1.807) is 17.4 Å². The predicted octanol–water partition coefficient (Wildman–Crippen LogP) is 3.45. The summed E-state index contributed by atoms with van der Waals surface area (Å²) in [4.78, 5) is 8.85. The molecule has 12 heavy (non-hydrogen) atoms. The zero-order valence-electron chi connectivity index (χ0n) is 7.79. The van der Waals surface area contributed by atoms with Crippen LogP contribution < -0.4 is 0 Å². The van der Waals surface area contributed by atoms with E-state index in [4.69, 9.17) is 0 Å². The maximum absolute atomic E-state index is 4.12. The first-order valence-corrected chi connectivity index (χ1v) is 4.66. The molecule has 0 aromatic carbocycles. The van der Waals surface area contributed by atoms with Gasteiger partial charge in [0.15, 0.2) is 5.82 Å². The average molecular weight is 182 g/mol. The van der Waals surface area contributed by atoms with Gasteiger partial charge in [-0.25, -0.2) is 9.98 Å². The molecule has 2 nitrogen and oxygen atoms in total. The highest BCUT2D eigenvalue weighted by Gasteiger charge is 2.01. The van der Waals surface area contributed by atoms with Crippen LogP contribution in [0.5, 0.6) is 0 Å². The summed E-state index contributed by atoms with van der Waals surface area (Å²) in [6.45, 7) is 13.0. The molecule has 1 heterocycles. The average Bonchev–Trinajstić information content (AvgIpc) is 2.49. The van der Waals surface area contributed by atoms with Crippen molar-refractivity contribution in [1.82, 2.24) is 4.98 Å². The van der Waals surface area contributed by atoms with Crippen molar-refractivity contribution in [2.75, 3.05) is 0 Å². The molecule has 1 rings (SSSR count). The Morgan fingerprint density at radius 2 is 2.08 bits per heavy atom. The molecule has 0 saturated heterocycles. The van der Waals surface area contributed by atoms with Gasteiger partial charge in [-0.1, -0.05) is 20.4 Å². The molecule has 0 aliphatic rings. The molecule has 66 valence electrons. The molecule has 1 aromatic heterocycles. The third-order valence-electron chi connectivity index (χ3n) is 1.08. The van der Waals surface area contributed by atoms with E-state index in [0.29, 0.717) is 5.82 Å². The fourth-order valence-corrected chi connectivity index (χ4v) is 1.41. The van der Waals surface area contributed by atoms with Crippen molar-refractivity contribution in [3.05, 3.63) is 16.5 Å². The van der Waals surface area contributed by atoms with E-state index in [1.807, 2.05) is 20.8 Å². The van der Waals surface area contributed by atoms with Crippen LogP contribution in [0, 0.1) is 6.92 Å². The molecule has 0 unspecified atom stereocenters. The Hall–Kier alpha value is -0.960. The van der Waals surface area contributed by atoms with Gasteiger partial charge in [-0.2, -0.15) is 0 Å². The minimum absolute atomic E-state index is 0.692. The van der Waals surface area contributed by atoms with E-state index in [2.05, 4.69) is 23.3 Å². The van der Waals surface area contributed by atoms with Gasteiger partial charge in [0.25, 0.3) is 0 Å². The van der Waals surface area contributed by atoms with Crippen LogP contribution in [0.1, 0.15) is 23.7 Å². The van der Waals surface area contributed by atoms with Gasteiger partial charge in [-0.15, -0.1) is 11.3 Å². The quantitative estimate of drug-likeness (QED) is 0.643. The molecule has 0 aliphatic carbocycles. The second-order valence-corrected chi connectivity index (χ2v) is 3.02. The number of thiazole rings is 1. The van der Waals surface area contributed by atoms with Crippen molar-refractivity contribution < 1.29 is 0 Å². The largest absolute Gasteiger partial charge is 0.244 e. The molecule has 0 amide bonds. The van der Waals surface area contributed by atoms with E-state index in [1.165, 1.54) is 0 Å². The van der Waals surface area contributed by atoms with Gasteiger partial charge in [-0.3, -0.25) is 0 Å². The van der Waals surface area contributed by atoms with Crippen LogP contribution in [0.25, 0.3) is 6.08 Å². The normalized spacial score (nSPS) is 8.25. The van der Waals surface area contributed by atoms with E-state index < -0.39 is 0 Å². The Balaban J connectivity index is 0.000000561. The maximum Gasteiger partial charge on any atom is 0.169 e. The highest BCUT2D eigenvalue weighted by molar-refractivity contribution is 7.12. The van der Waals surface area contributed by atoms with Crippen LogP contribution in [0.2, 0.25) is 0 Å². The van der Waals surface area contributed by atoms with Crippen molar-refractivity contribution >= 4 is 29.9 Å². The Kier molecular flexibility index (Phi) is 5.21. The van der Waals surface area contributed by atoms with Crippen LogP contribution in [0.15, 0.2) is 11.6 Å². The lowest BCUT2D eigenvalue weighted by Crippen LogP contribution is -1.65. The third kappa shape index (κ3) is 2.58. The smallest absolute Gasteiger partial charge is 0.169 e. The summed E-state index contributed by atoms with van der Waals surface area (Å²) in [5, 5.41) is 0.998. The van der Waals surface area contributed by atoms with Crippen LogP contribution in [0.3, 0.4) is 0 Å². The molecule has 0 atom stereocenters. The van der Waals surface area contributed by atoms with Crippen molar-refractivity contribution in [3.8, 4) is 0 Å². The van der Waals surface area contributed by atoms with Crippen molar-refractivity contribution in [2.45, 2.75) is 20.8 Å². The SMILES string of the molecule is C=Cc1sc(C)nc1N=C.CC. The second kappa shape index (κ2) is 5.66. The number of nitrogens with zero attached hydrogens (tertiary/aromatic N) is 2. The molecule has 1 aromatic rings. The number of aliphatic imine (C=N–C) groups is 1. The summed E-state index contributed by atoms with van der Waals surface area (Å²) in [7, 11) is 0. The fourth-order valence-electron chi connectivity index (χ4n) is 0.678. The molecule has 0 aliphatic heterocycles. The monoisotopic (exact) mass is 182 g/mol. The minimum Gasteiger partial charge on any atom is -0.244 e. The summed E-state index contributed by atoms with van der Waals surface area (Å²) < 4.78 is 0. The van der Waals surface area contributed by atoms with Gasteiger partial charge in [0.2, 0.25) is 0 Å². The van der Waals surface area contributed by atoms with Crippen LogP contribution in [0.4, 0.5) is 5.82 Å². The number of aryl methyl sites for hydroxylation is 1. The van der Waals surface area contributed by atoms with Crippen molar-refractivity contribution in [2.24, 2.45) is 4.99 Å². The predicted molar refractivity (Wildman–Crippen MR) is 57.5 cm³/mol. The molecule has 0 radical (unpaired) electrons. The Morgan fingerprint density at radius 1 is 1.50 bits per heavy atom. The van der Waals surface area contributed by atoms with E-state index in [0.717, 1.165) is 9.88 Å². The summed E-state index contributed by atoms with van der Waals surface area (Å²) in [5.74, 6) is 0.692. The minimum atomic E-state index is 0.692. The van der Waals surface area contributed by atoms with Gasteiger partial charge in [0.05, 0.1) is 9.88 Å². The zero-order valence-corrected chi connectivity index (χ0v) is 8.61. The number of hydrogen-bond donors (Lipinski definition) is 0. The summed E-state index contributed by atoms with van der Waals surface area (Å²) in [6, 6.07) is 0. The van der Waals surface area contributed by atoms with Crippen molar-refractivity contribution in [1.29, 1.82) is 0 Å². The second-order valence-electron chi connectivity index (χ2n) is 1.78. The highest BCUT2D eigenvalue weighted by atomic mass is 32.1. The maximum atomic E-state index is 4.12. The lowest BCUT2D eigenvalue weighted by atomic mass is 10.5. The zero-order chi connectivity index (χ0) is 9.56. The molecular weight excluding hydrogens is 168 g/mol. The van der Waals surface area contributed by atoms with E-state index >= 15 is 0 Å². The Morgan fingerprint density at radius 3 is 2.42 bits per heavy atom. The van der Waals surface area contributed by atoms with Gasteiger partial charge in [0, 0.05) is 0 Å². The Labute approximate surface area is 77.7 Å². The van der Waals surface area contributed by atoms with Crippen LogP contribution in [-0.4, -0.2) is 11.7 Å². The lowest BCUT2D eigenvalue weighted by Gasteiger charge is -1.82. The molecule has 3 heteroatoms. The summed E-state index contributed by atoms with van der Waals surface area (Å²) in [5.41, 5.74) is 0. The van der Waals surface area contributed by atoms with Crippen LogP contribution in [-0.2, 0) is 0 Å². The molecule has 0 bridgehead atoms. The van der Waals surface area contributed by atoms with E-state index in [9.17, 15) is 0 Å². The standard InChI is InChI=1S/C7H8N2S.C2H6/c1-4-6-7(8-3)9-5(2)10-6;1-2/h4H,1,3H2,2H3;1-2H3. The van der Waals surface area contributed by atoms with Gasteiger partial charge in [0.1, 0.15) is 0 Å². The lowest BCUT2D eigenvalue weighted by molar-refractivity contribution is 1.26. The molecule has 0 spiro atoms. The molecule has 0 saturated carbocycles. The molecule has 0 fully saturated rings. The summed E-state index contributed by atoms with van der Waals surface area (Å²) >= 11 is 1.58. The number of aromatic nitrogens is 1. The fraction of sp³-hybridized carbons (Fsp3) is 0.333. The topological polar surface area (TPSA) is 25.2 Å². The first kappa shape index (κ1) is 11.0. The van der Waals surface area contributed by atoms with Gasteiger partial charge < -0.3 is 0 Å². The number of rotatable bonds is 2. The molecule has 0 N–H and O–H groups in total. The number of hydrogen-bond acceptors (Lipinski definition) is 3. The summed E-state index contributed by atoms with van der Waals surface area (Å²) in [6.07, 6.45) is 1.74. The van der Waals surface area contributed by atoms with Gasteiger partial charge in [-0.05, 0) is 19.7 Å².